The number of hydrogen-bond donors (Lipinski definition) is 2. The fourth-order valence-electron chi connectivity index (χ4n) is 1.77. The maximum atomic E-state index is 12.6. The molecular formula is C12H13N2O8P. The van der Waals surface area contributed by atoms with Gasteiger partial charge in [0, 0.05) is 6.07 Å². The van der Waals surface area contributed by atoms with Crippen molar-refractivity contribution in [2.75, 3.05) is 13.2 Å². The lowest BCUT2D eigenvalue weighted by Crippen LogP contribution is -2.39. The highest BCUT2D eigenvalue weighted by atomic mass is 31.2. The van der Waals surface area contributed by atoms with Crippen molar-refractivity contribution in [1.82, 2.24) is 0 Å². The quantitative estimate of drug-likeness (QED) is 0.365. The Hall–Kier alpha value is -1.97. The van der Waals surface area contributed by atoms with Crippen LogP contribution in [0.25, 0.3) is 0 Å². The summed E-state index contributed by atoms with van der Waals surface area (Å²) in [5, 5.41) is 0. The molecular weight excluding hydrogens is 331 g/mol. The molecule has 3 heterocycles. The summed E-state index contributed by atoms with van der Waals surface area (Å²) in [5.41, 5.74) is 11.2. The lowest BCUT2D eigenvalue weighted by Gasteiger charge is -2.19. The molecule has 3 aliphatic heterocycles. The van der Waals surface area contributed by atoms with E-state index in [0.717, 1.165) is 0 Å². The van der Waals surface area contributed by atoms with Gasteiger partial charge in [0.05, 0.1) is 13.2 Å². The second-order valence-electron chi connectivity index (χ2n) is 4.79. The molecule has 10 nitrogen and oxygen atoms in total. The first kappa shape index (κ1) is 15.9. The second kappa shape index (κ2) is 5.91. The molecule has 1 aromatic carbocycles. The molecule has 1 aromatic rings. The highest BCUT2D eigenvalue weighted by Crippen LogP contribution is 2.52. The maximum absolute atomic E-state index is 12.6. The summed E-state index contributed by atoms with van der Waals surface area (Å²) in [4.78, 5) is 23.6. The first-order valence-electron chi connectivity index (χ1n) is 6.54. The van der Waals surface area contributed by atoms with Crippen LogP contribution in [0.15, 0.2) is 18.2 Å². The summed E-state index contributed by atoms with van der Waals surface area (Å²) in [7, 11) is -4.18. The molecule has 4 rings (SSSR count). The van der Waals surface area contributed by atoms with Crippen molar-refractivity contribution in [3.63, 3.8) is 0 Å². The first-order valence-corrected chi connectivity index (χ1v) is 8.00. The van der Waals surface area contributed by atoms with Gasteiger partial charge in [-0.2, -0.15) is 0 Å². The van der Waals surface area contributed by atoms with Gasteiger partial charge in [-0.25, -0.2) is 14.2 Å². The molecule has 0 spiro atoms. The first-order chi connectivity index (χ1) is 10.9. The molecule has 3 unspecified atom stereocenters. The molecule has 3 atom stereocenters. The molecule has 0 fully saturated rings. The van der Waals surface area contributed by atoms with Crippen molar-refractivity contribution >= 4 is 19.8 Å². The third-order valence-electron chi connectivity index (χ3n) is 2.98. The van der Waals surface area contributed by atoms with Crippen LogP contribution in [-0.4, -0.2) is 37.2 Å². The Balaban J connectivity index is 2.11. The van der Waals surface area contributed by atoms with Crippen LogP contribution < -0.4 is 25.5 Å². The number of rotatable bonds is 0. The molecule has 4 N–H and O–H groups in total. The van der Waals surface area contributed by atoms with Crippen LogP contribution in [-0.2, 0) is 23.2 Å². The second-order valence-corrected chi connectivity index (χ2v) is 6.39. The fraction of sp³-hybridized carbons (Fsp3) is 0.333. The molecule has 4 bridgehead atoms. The average Bonchev–Trinajstić information content (AvgIpc) is 2.53. The van der Waals surface area contributed by atoms with Gasteiger partial charge in [0.1, 0.15) is 17.8 Å². The predicted molar refractivity (Wildman–Crippen MR) is 73.8 cm³/mol. The summed E-state index contributed by atoms with van der Waals surface area (Å²) in [5.74, 6) is -1.82. The number of carbonyl (C=O) groups is 2. The van der Waals surface area contributed by atoms with Crippen LogP contribution in [0, 0.1) is 0 Å². The number of fused-ring (bicyclic) bond motifs is 5. The van der Waals surface area contributed by atoms with E-state index in [1.165, 1.54) is 18.2 Å². The van der Waals surface area contributed by atoms with Crippen molar-refractivity contribution in [3.8, 4) is 17.2 Å². The molecule has 0 radical (unpaired) electrons. The summed E-state index contributed by atoms with van der Waals surface area (Å²) < 4.78 is 38.0. The summed E-state index contributed by atoms with van der Waals surface area (Å²) in [6, 6.07) is 1.44. The summed E-state index contributed by atoms with van der Waals surface area (Å²) in [6.07, 6.45) is 0. The lowest BCUT2D eigenvalue weighted by atomic mass is 10.3. The zero-order valence-electron chi connectivity index (χ0n) is 11.7. The molecule has 0 saturated carbocycles. The standard InChI is InChI=1S/C12H13N2O8P/c13-7-4-18-23(17)19-5-8(14)12(16)21-10-3-6(20-11(7)15)1-2-9(10)22-23/h1-3,7-8H,4-5,13-14H2. The third-order valence-corrected chi connectivity index (χ3v) is 4.34. The van der Waals surface area contributed by atoms with E-state index in [4.69, 9.17) is 34.5 Å². The van der Waals surface area contributed by atoms with Crippen LogP contribution in [0.5, 0.6) is 17.2 Å². The van der Waals surface area contributed by atoms with Crippen molar-refractivity contribution in [2.45, 2.75) is 12.1 Å². The monoisotopic (exact) mass is 344 g/mol. The topological polar surface area (TPSA) is 149 Å². The van der Waals surface area contributed by atoms with E-state index in [1.54, 1.807) is 0 Å². The van der Waals surface area contributed by atoms with E-state index in [-0.39, 0.29) is 17.2 Å². The highest BCUT2D eigenvalue weighted by molar-refractivity contribution is 7.48. The number of benzene rings is 1. The maximum Gasteiger partial charge on any atom is 0.530 e. The molecule has 0 saturated heterocycles. The van der Waals surface area contributed by atoms with Crippen molar-refractivity contribution in [2.24, 2.45) is 11.5 Å². The Labute approximate surface area is 130 Å². The Morgan fingerprint density at radius 2 is 1.57 bits per heavy atom. The number of nitrogens with two attached hydrogens (primary N) is 2. The Kier molecular flexibility index (Phi) is 4.09. The number of phosphoric ester groups is 1. The van der Waals surface area contributed by atoms with Crippen LogP contribution in [0.3, 0.4) is 0 Å². The SMILES string of the molecule is NC1COP2(=O)OCC(N)C(=O)Oc3cc(ccc3O2)OC1=O. The zero-order chi connectivity index (χ0) is 16.6. The van der Waals surface area contributed by atoms with E-state index in [1.807, 2.05) is 0 Å². The predicted octanol–water partition coefficient (Wildman–Crippen LogP) is -0.301. The molecule has 0 amide bonds. The smallest absolute Gasteiger partial charge is 0.425 e. The van der Waals surface area contributed by atoms with Gasteiger partial charge in [-0.05, 0) is 12.1 Å². The largest absolute Gasteiger partial charge is 0.530 e. The van der Waals surface area contributed by atoms with Gasteiger partial charge in [-0.1, -0.05) is 0 Å². The van der Waals surface area contributed by atoms with E-state index in [9.17, 15) is 14.2 Å². The number of esters is 2. The molecule has 124 valence electrons. The normalized spacial score (nSPS) is 31.0. The zero-order valence-corrected chi connectivity index (χ0v) is 12.6. The third kappa shape index (κ3) is 3.36. The molecule has 0 aliphatic carbocycles. The average molecular weight is 344 g/mol. The van der Waals surface area contributed by atoms with E-state index < -0.39 is 45.1 Å². The highest BCUT2D eigenvalue weighted by Gasteiger charge is 2.37. The van der Waals surface area contributed by atoms with Gasteiger partial charge in [0.15, 0.2) is 11.5 Å². The summed E-state index contributed by atoms with van der Waals surface area (Å²) in [6.45, 7) is -0.938. The summed E-state index contributed by atoms with van der Waals surface area (Å²) >= 11 is 0. The fourth-order valence-corrected chi connectivity index (χ4v) is 3.03. The van der Waals surface area contributed by atoms with Crippen LogP contribution in [0.2, 0.25) is 0 Å². The minimum Gasteiger partial charge on any atom is -0.425 e. The number of hydrogen-bond acceptors (Lipinski definition) is 10. The van der Waals surface area contributed by atoms with Gasteiger partial charge in [-0.15, -0.1) is 0 Å². The molecule has 3 aliphatic rings. The number of ether oxygens (including phenoxy) is 2. The minimum absolute atomic E-state index is 0.0612. The van der Waals surface area contributed by atoms with Crippen LogP contribution in [0.4, 0.5) is 0 Å². The van der Waals surface area contributed by atoms with Gasteiger partial charge < -0.3 is 25.5 Å². The van der Waals surface area contributed by atoms with Crippen molar-refractivity contribution < 1.29 is 37.2 Å². The number of phosphoric acid groups is 1. The Bertz CT molecular complexity index is 708. The van der Waals surface area contributed by atoms with Gasteiger partial charge >= 0.3 is 19.8 Å². The molecule has 11 heteroatoms. The van der Waals surface area contributed by atoms with Crippen molar-refractivity contribution in [1.29, 1.82) is 0 Å². The molecule has 0 aromatic heterocycles. The van der Waals surface area contributed by atoms with Crippen LogP contribution >= 0.6 is 7.82 Å². The number of carbonyl (C=O) groups excluding carboxylic acids is 2. The van der Waals surface area contributed by atoms with Gasteiger partial charge in [-0.3, -0.25) is 9.05 Å². The minimum atomic E-state index is -4.18. The van der Waals surface area contributed by atoms with Gasteiger partial charge in [0.25, 0.3) is 0 Å². The van der Waals surface area contributed by atoms with Crippen LogP contribution in [0.1, 0.15) is 0 Å². The molecule has 23 heavy (non-hydrogen) atoms. The van der Waals surface area contributed by atoms with E-state index in [2.05, 4.69) is 0 Å². The Morgan fingerprint density at radius 3 is 2.22 bits per heavy atom. The van der Waals surface area contributed by atoms with E-state index >= 15 is 0 Å². The lowest BCUT2D eigenvalue weighted by molar-refractivity contribution is -0.136. The Morgan fingerprint density at radius 1 is 0.957 bits per heavy atom. The van der Waals surface area contributed by atoms with E-state index in [0.29, 0.717) is 0 Å². The van der Waals surface area contributed by atoms with Crippen molar-refractivity contribution in [3.05, 3.63) is 18.2 Å². The van der Waals surface area contributed by atoms with Gasteiger partial charge in [0.2, 0.25) is 0 Å².